The Labute approximate surface area is 220 Å². The Balaban J connectivity index is 1.63. The van der Waals surface area contributed by atoms with Crippen LogP contribution in [0.3, 0.4) is 0 Å². The van der Waals surface area contributed by atoms with Gasteiger partial charge in [0.25, 0.3) is 0 Å². The van der Waals surface area contributed by atoms with Crippen LogP contribution in [0.4, 0.5) is 10.2 Å². The summed E-state index contributed by atoms with van der Waals surface area (Å²) in [6.07, 6.45) is 4.21. The number of benzene rings is 2. The van der Waals surface area contributed by atoms with E-state index in [0.717, 1.165) is 44.0 Å². The average molecular weight is 512 g/mol. The largest absolute Gasteiger partial charge is 0.367 e. The SMILES string of the molecule is CC(C)(C)c1sc2c(NCC(N)Cc3ccccc3)nc(-c3ccncc3)nc2c1-c1cccc(F)c1. The summed E-state index contributed by atoms with van der Waals surface area (Å²) in [5, 5.41) is 3.52. The second kappa shape index (κ2) is 10.4. The number of aromatic nitrogens is 3. The molecule has 188 valence electrons. The number of halogens is 1. The number of nitrogens with zero attached hydrogens (tertiary/aromatic N) is 3. The van der Waals surface area contributed by atoms with E-state index in [2.05, 4.69) is 43.2 Å². The smallest absolute Gasteiger partial charge is 0.162 e. The predicted molar refractivity (Wildman–Crippen MR) is 151 cm³/mol. The number of hydrogen-bond donors (Lipinski definition) is 2. The lowest BCUT2D eigenvalue weighted by atomic mass is 9.89. The molecule has 0 spiro atoms. The van der Waals surface area contributed by atoms with Crippen molar-refractivity contribution in [2.24, 2.45) is 5.73 Å². The van der Waals surface area contributed by atoms with Crippen LogP contribution in [-0.2, 0) is 11.8 Å². The quantitative estimate of drug-likeness (QED) is 0.250. The molecule has 3 aromatic heterocycles. The van der Waals surface area contributed by atoms with E-state index in [-0.39, 0.29) is 17.3 Å². The van der Waals surface area contributed by atoms with Gasteiger partial charge < -0.3 is 11.1 Å². The summed E-state index contributed by atoms with van der Waals surface area (Å²) in [5.74, 6) is 1.05. The molecule has 37 heavy (non-hydrogen) atoms. The molecule has 1 atom stereocenters. The number of nitrogens with one attached hydrogen (secondary N) is 1. The van der Waals surface area contributed by atoms with Gasteiger partial charge in [-0.05, 0) is 47.2 Å². The van der Waals surface area contributed by atoms with E-state index in [4.69, 9.17) is 15.7 Å². The Morgan fingerprint density at radius 3 is 2.41 bits per heavy atom. The van der Waals surface area contributed by atoms with Gasteiger partial charge >= 0.3 is 0 Å². The Bertz CT molecular complexity index is 1510. The van der Waals surface area contributed by atoms with E-state index in [0.29, 0.717) is 12.4 Å². The molecule has 0 fully saturated rings. The molecule has 0 saturated heterocycles. The second-order valence-electron chi connectivity index (χ2n) is 10.2. The summed E-state index contributed by atoms with van der Waals surface area (Å²) in [6.45, 7) is 7.05. The van der Waals surface area contributed by atoms with Crippen molar-refractivity contribution in [1.29, 1.82) is 0 Å². The minimum atomic E-state index is -0.273. The molecule has 5 aromatic rings. The third kappa shape index (κ3) is 5.53. The summed E-state index contributed by atoms with van der Waals surface area (Å²) in [4.78, 5) is 15.2. The minimum absolute atomic E-state index is 0.0958. The number of thiophene rings is 1. The maximum Gasteiger partial charge on any atom is 0.162 e. The molecule has 0 bridgehead atoms. The summed E-state index contributed by atoms with van der Waals surface area (Å²) < 4.78 is 15.3. The van der Waals surface area contributed by atoms with Gasteiger partial charge in [-0.15, -0.1) is 11.3 Å². The molecule has 5 rings (SSSR count). The van der Waals surface area contributed by atoms with Crippen LogP contribution in [0.25, 0.3) is 32.7 Å². The molecule has 3 heterocycles. The Morgan fingerprint density at radius 1 is 0.946 bits per heavy atom. The zero-order valence-corrected chi connectivity index (χ0v) is 22.0. The van der Waals surface area contributed by atoms with Gasteiger partial charge in [0, 0.05) is 41.0 Å². The first-order valence-electron chi connectivity index (χ1n) is 12.3. The van der Waals surface area contributed by atoms with Crippen LogP contribution in [-0.4, -0.2) is 27.5 Å². The normalized spacial score (nSPS) is 12.6. The summed E-state index contributed by atoms with van der Waals surface area (Å²) in [6, 6.07) is 20.7. The van der Waals surface area contributed by atoms with Crippen molar-refractivity contribution in [2.75, 3.05) is 11.9 Å². The Kier molecular flexibility index (Phi) is 7.00. The van der Waals surface area contributed by atoms with Crippen LogP contribution in [0, 0.1) is 5.82 Å². The van der Waals surface area contributed by atoms with Crippen molar-refractivity contribution in [3.8, 4) is 22.5 Å². The Hall–Kier alpha value is -3.68. The number of rotatable bonds is 7. The molecule has 0 radical (unpaired) electrons. The zero-order valence-electron chi connectivity index (χ0n) is 21.2. The van der Waals surface area contributed by atoms with Crippen LogP contribution in [0.15, 0.2) is 79.1 Å². The third-order valence-corrected chi connectivity index (χ3v) is 7.75. The van der Waals surface area contributed by atoms with Crippen molar-refractivity contribution >= 4 is 27.4 Å². The molecule has 0 aliphatic carbocycles. The van der Waals surface area contributed by atoms with E-state index < -0.39 is 0 Å². The third-order valence-electron chi connectivity index (χ3n) is 6.14. The van der Waals surface area contributed by atoms with Crippen LogP contribution < -0.4 is 11.1 Å². The van der Waals surface area contributed by atoms with Crippen molar-refractivity contribution in [3.05, 3.63) is 95.4 Å². The van der Waals surface area contributed by atoms with Gasteiger partial charge in [-0.25, -0.2) is 14.4 Å². The van der Waals surface area contributed by atoms with Crippen LogP contribution in [0.1, 0.15) is 31.2 Å². The molecule has 0 amide bonds. The lowest BCUT2D eigenvalue weighted by Crippen LogP contribution is -2.31. The van der Waals surface area contributed by atoms with Gasteiger partial charge in [-0.1, -0.05) is 63.2 Å². The van der Waals surface area contributed by atoms with E-state index in [1.54, 1.807) is 35.9 Å². The van der Waals surface area contributed by atoms with Crippen LogP contribution in [0.2, 0.25) is 0 Å². The average Bonchev–Trinajstić information content (AvgIpc) is 3.29. The first-order valence-corrected chi connectivity index (χ1v) is 13.2. The van der Waals surface area contributed by atoms with E-state index >= 15 is 0 Å². The van der Waals surface area contributed by atoms with E-state index in [1.807, 2.05) is 36.4 Å². The number of anilines is 1. The van der Waals surface area contributed by atoms with Gasteiger partial charge in [0.1, 0.15) is 11.6 Å². The number of hydrogen-bond acceptors (Lipinski definition) is 6. The summed E-state index contributed by atoms with van der Waals surface area (Å²) in [7, 11) is 0. The minimum Gasteiger partial charge on any atom is -0.367 e. The van der Waals surface area contributed by atoms with Gasteiger partial charge in [0.05, 0.1) is 10.2 Å². The fourth-order valence-corrected chi connectivity index (χ4v) is 5.67. The molecule has 1 unspecified atom stereocenters. The molecule has 5 nitrogen and oxygen atoms in total. The first kappa shape index (κ1) is 25.0. The van der Waals surface area contributed by atoms with Crippen LogP contribution in [0.5, 0.6) is 0 Å². The van der Waals surface area contributed by atoms with Crippen molar-refractivity contribution in [3.63, 3.8) is 0 Å². The van der Waals surface area contributed by atoms with E-state index in [9.17, 15) is 4.39 Å². The van der Waals surface area contributed by atoms with Gasteiger partial charge in [-0.2, -0.15) is 0 Å². The molecular formula is C30H30FN5S. The predicted octanol–water partition coefficient (Wildman–Crippen LogP) is 6.84. The number of nitrogens with two attached hydrogens (primary N) is 1. The lowest BCUT2D eigenvalue weighted by molar-refractivity contribution is 0.605. The molecule has 7 heteroatoms. The molecule has 2 aromatic carbocycles. The lowest BCUT2D eigenvalue weighted by Gasteiger charge is -2.19. The van der Waals surface area contributed by atoms with E-state index in [1.165, 1.54) is 11.6 Å². The highest BCUT2D eigenvalue weighted by molar-refractivity contribution is 7.20. The fraction of sp³-hybridized carbons (Fsp3) is 0.233. The standard InChI is InChI=1S/C30H30FN5S/c1-30(2,3)27-24(21-10-7-11-22(31)17-21)25-26(37-27)29(36-28(35-25)20-12-14-33-15-13-20)34-18-23(32)16-19-8-5-4-6-9-19/h4-15,17,23H,16,18,32H2,1-3H3,(H,34,35,36). The van der Waals surface area contributed by atoms with Gasteiger partial charge in [0.15, 0.2) is 5.82 Å². The number of fused-ring (bicyclic) bond motifs is 1. The highest BCUT2D eigenvalue weighted by Crippen LogP contribution is 2.46. The molecule has 0 saturated carbocycles. The van der Waals surface area contributed by atoms with Crippen molar-refractivity contribution in [1.82, 2.24) is 15.0 Å². The van der Waals surface area contributed by atoms with Gasteiger partial charge in [-0.3, -0.25) is 4.98 Å². The number of pyridine rings is 1. The van der Waals surface area contributed by atoms with Crippen molar-refractivity contribution in [2.45, 2.75) is 38.6 Å². The topological polar surface area (TPSA) is 76.7 Å². The Morgan fingerprint density at radius 2 is 1.70 bits per heavy atom. The first-order chi connectivity index (χ1) is 17.8. The maximum atomic E-state index is 14.3. The molecule has 0 aliphatic rings. The maximum absolute atomic E-state index is 14.3. The van der Waals surface area contributed by atoms with Gasteiger partial charge in [0.2, 0.25) is 0 Å². The molecule has 3 N–H and O–H groups in total. The molecular weight excluding hydrogens is 481 g/mol. The fourth-order valence-electron chi connectivity index (χ4n) is 4.38. The summed E-state index contributed by atoms with van der Waals surface area (Å²) in [5.41, 5.74) is 11.0. The monoisotopic (exact) mass is 511 g/mol. The summed E-state index contributed by atoms with van der Waals surface area (Å²) >= 11 is 1.65. The van der Waals surface area contributed by atoms with Crippen molar-refractivity contribution < 1.29 is 4.39 Å². The highest BCUT2D eigenvalue weighted by Gasteiger charge is 2.27. The zero-order chi connectivity index (χ0) is 26.0. The molecule has 0 aliphatic heterocycles. The second-order valence-corrected chi connectivity index (χ2v) is 11.2. The van der Waals surface area contributed by atoms with Crippen LogP contribution >= 0.6 is 11.3 Å². The highest BCUT2D eigenvalue weighted by atomic mass is 32.1.